The van der Waals surface area contributed by atoms with Crippen molar-refractivity contribution < 1.29 is 0 Å². The lowest BCUT2D eigenvalue weighted by Crippen LogP contribution is -2.24. The van der Waals surface area contributed by atoms with Gasteiger partial charge in [-0.1, -0.05) is 34.6 Å². The Bertz CT molecular complexity index is 111. The van der Waals surface area contributed by atoms with Gasteiger partial charge in [-0.2, -0.15) is 0 Å². The predicted molar refractivity (Wildman–Crippen MR) is 56.1 cm³/mol. The molecule has 0 spiro atoms. The molecule has 0 rings (SSSR count). The van der Waals surface area contributed by atoms with E-state index in [1.165, 1.54) is 12.8 Å². The van der Waals surface area contributed by atoms with Crippen LogP contribution in [-0.4, -0.2) is 6.04 Å². The molecule has 1 heteroatoms. The summed E-state index contributed by atoms with van der Waals surface area (Å²) in [6, 6.07) is 0.407. The third kappa shape index (κ3) is 8.06. The van der Waals surface area contributed by atoms with E-state index in [0.717, 1.165) is 12.3 Å². The van der Waals surface area contributed by atoms with E-state index < -0.39 is 0 Å². The molecule has 1 nitrogen and oxygen atoms in total. The highest BCUT2D eigenvalue weighted by atomic mass is 14.6. The van der Waals surface area contributed by atoms with Gasteiger partial charge in [0.2, 0.25) is 0 Å². The summed E-state index contributed by atoms with van der Waals surface area (Å²) < 4.78 is 0. The van der Waals surface area contributed by atoms with Crippen molar-refractivity contribution in [3.8, 4) is 0 Å². The van der Waals surface area contributed by atoms with Crippen molar-refractivity contribution in [2.45, 2.75) is 59.9 Å². The van der Waals surface area contributed by atoms with Crippen molar-refractivity contribution in [3.63, 3.8) is 0 Å². The molecule has 0 aliphatic carbocycles. The lowest BCUT2D eigenvalue weighted by Gasteiger charge is -2.21. The average molecular weight is 171 g/mol. The van der Waals surface area contributed by atoms with Gasteiger partial charge in [-0.3, -0.25) is 0 Å². The number of hydrogen-bond donors (Lipinski definition) is 1. The summed E-state index contributed by atoms with van der Waals surface area (Å²) in [7, 11) is 0. The van der Waals surface area contributed by atoms with Gasteiger partial charge < -0.3 is 5.73 Å². The standard InChI is InChI=1S/C11H25N/c1-9(2)8-10(12)6-7-11(3,4)5/h9-10H,6-8,12H2,1-5H3. The Morgan fingerprint density at radius 3 is 2.00 bits per heavy atom. The topological polar surface area (TPSA) is 26.0 Å². The maximum Gasteiger partial charge on any atom is 0.00414 e. The van der Waals surface area contributed by atoms with E-state index in [1.807, 2.05) is 0 Å². The maximum atomic E-state index is 5.98. The highest BCUT2D eigenvalue weighted by Gasteiger charge is 2.13. The van der Waals surface area contributed by atoms with E-state index in [-0.39, 0.29) is 0 Å². The zero-order valence-electron chi connectivity index (χ0n) is 9.35. The highest BCUT2D eigenvalue weighted by Crippen LogP contribution is 2.22. The van der Waals surface area contributed by atoms with Gasteiger partial charge in [-0.05, 0) is 30.6 Å². The summed E-state index contributed by atoms with van der Waals surface area (Å²) in [5.41, 5.74) is 6.42. The molecule has 74 valence electrons. The van der Waals surface area contributed by atoms with E-state index in [1.54, 1.807) is 0 Å². The molecule has 0 aromatic carbocycles. The van der Waals surface area contributed by atoms with Crippen LogP contribution in [0.1, 0.15) is 53.9 Å². The smallest absolute Gasteiger partial charge is 0.00414 e. The molecular formula is C11H25N. The molecule has 1 unspecified atom stereocenters. The Balaban J connectivity index is 3.51. The second kappa shape index (κ2) is 4.86. The monoisotopic (exact) mass is 171 g/mol. The molecule has 2 N–H and O–H groups in total. The lowest BCUT2D eigenvalue weighted by atomic mass is 9.87. The molecule has 0 heterocycles. The zero-order valence-corrected chi connectivity index (χ0v) is 9.35. The molecular weight excluding hydrogens is 146 g/mol. The van der Waals surface area contributed by atoms with Gasteiger partial charge in [0, 0.05) is 6.04 Å². The van der Waals surface area contributed by atoms with Crippen molar-refractivity contribution in [2.75, 3.05) is 0 Å². The summed E-state index contributed by atoms with van der Waals surface area (Å²) in [6.07, 6.45) is 3.57. The molecule has 0 aromatic heterocycles. The molecule has 0 radical (unpaired) electrons. The molecule has 0 aromatic rings. The largest absolute Gasteiger partial charge is 0.328 e. The summed E-state index contributed by atoms with van der Waals surface area (Å²) in [5, 5.41) is 0. The molecule has 0 aliphatic rings. The minimum atomic E-state index is 0.407. The molecule has 0 aliphatic heterocycles. The number of rotatable bonds is 4. The fourth-order valence-electron chi connectivity index (χ4n) is 1.34. The molecule has 0 saturated heterocycles. The number of hydrogen-bond acceptors (Lipinski definition) is 1. The Morgan fingerprint density at radius 2 is 1.67 bits per heavy atom. The first-order chi connectivity index (χ1) is 5.31. The quantitative estimate of drug-likeness (QED) is 0.690. The van der Waals surface area contributed by atoms with Crippen LogP contribution in [0, 0.1) is 11.3 Å². The van der Waals surface area contributed by atoms with Crippen LogP contribution in [0.25, 0.3) is 0 Å². The molecule has 0 saturated carbocycles. The summed E-state index contributed by atoms with van der Waals surface area (Å²) in [6.45, 7) is 11.3. The minimum Gasteiger partial charge on any atom is -0.328 e. The Labute approximate surface area is 77.7 Å². The van der Waals surface area contributed by atoms with Gasteiger partial charge >= 0.3 is 0 Å². The fourth-order valence-corrected chi connectivity index (χ4v) is 1.34. The van der Waals surface area contributed by atoms with Crippen molar-refractivity contribution in [1.82, 2.24) is 0 Å². The molecule has 0 fully saturated rings. The Hall–Kier alpha value is -0.0400. The summed E-state index contributed by atoms with van der Waals surface area (Å²) in [5.74, 6) is 0.736. The first kappa shape index (κ1) is 12.0. The van der Waals surface area contributed by atoms with Gasteiger partial charge in [0.15, 0.2) is 0 Å². The van der Waals surface area contributed by atoms with E-state index in [2.05, 4.69) is 34.6 Å². The van der Waals surface area contributed by atoms with E-state index in [0.29, 0.717) is 11.5 Å². The average Bonchev–Trinajstić information content (AvgIpc) is 1.80. The van der Waals surface area contributed by atoms with Crippen LogP contribution in [0.4, 0.5) is 0 Å². The van der Waals surface area contributed by atoms with Crippen LogP contribution in [0.3, 0.4) is 0 Å². The lowest BCUT2D eigenvalue weighted by molar-refractivity contribution is 0.333. The van der Waals surface area contributed by atoms with Crippen molar-refractivity contribution in [3.05, 3.63) is 0 Å². The molecule has 1 atom stereocenters. The second-order valence-corrected chi connectivity index (χ2v) is 5.49. The van der Waals surface area contributed by atoms with Crippen molar-refractivity contribution in [2.24, 2.45) is 17.1 Å². The van der Waals surface area contributed by atoms with E-state index in [9.17, 15) is 0 Å². The van der Waals surface area contributed by atoms with Crippen LogP contribution < -0.4 is 5.73 Å². The van der Waals surface area contributed by atoms with Gasteiger partial charge in [0.1, 0.15) is 0 Å². The van der Waals surface area contributed by atoms with Crippen LogP contribution in [0.15, 0.2) is 0 Å². The van der Waals surface area contributed by atoms with Crippen LogP contribution in [-0.2, 0) is 0 Å². The van der Waals surface area contributed by atoms with E-state index in [4.69, 9.17) is 5.73 Å². The highest BCUT2D eigenvalue weighted by molar-refractivity contribution is 4.69. The minimum absolute atomic E-state index is 0.407. The Morgan fingerprint density at radius 1 is 1.17 bits per heavy atom. The number of nitrogens with two attached hydrogens (primary N) is 1. The van der Waals surface area contributed by atoms with Crippen LogP contribution in [0.2, 0.25) is 0 Å². The first-order valence-electron chi connectivity index (χ1n) is 5.07. The molecule has 0 bridgehead atoms. The van der Waals surface area contributed by atoms with E-state index >= 15 is 0 Å². The van der Waals surface area contributed by atoms with Gasteiger partial charge in [-0.15, -0.1) is 0 Å². The first-order valence-corrected chi connectivity index (χ1v) is 5.07. The Kier molecular flexibility index (Phi) is 4.84. The summed E-state index contributed by atoms with van der Waals surface area (Å²) in [4.78, 5) is 0. The predicted octanol–water partition coefficient (Wildman–Crippen LogP) is 3.19. The normalized spacial score (nSPS) is 15.2. The summed E-state index contributed by atoms with van der Waals surface area (Å²) >= 11 is 0. The molecule has 0 amide bonds. The maximum absolute atomic E-state index is 5.98. The molecule has 12 heavy (non-hydrogen) atoms. The van der Waals surface area contributed by atoms with Gasteiger partial charge in [0.05, 0.1) is 0 Å². The third-order valence-electron chi connectivity index (χ3n) is 2.04. The zero-order chi connectivity index (χ0) is 9.78. The fraction of sp³-hybridized carbons (Fsp3) is 1.00. The van der Waals surface area contributed by atoms with Crippen molar-refractivity contribution >= 4 is 0 Å². The van der Waals surface area contributed by atoms with Crippen molar-refractivity contribution in [1.29, 1.82) is 0 Å². The van der Waals surface area contributed by atoms with Crippen LogP contribution in [0.5, 0.6) is 0 Å². The van der Waals surface area contributed by atoms with Gasteiger partial charge in [0.25, 0.3) is 0 Å². The van der Waals surface area contributed by atoms with Gasteiger partial charge in [-0.25, -0.2) is 0 Å². The SMILES string of the molecule is CC(C)CC(N)CCC(C)(C)C. The third-order valence-corrected chi connectivity index (χ3v) is 2.04. The second-order valence-electron chi connectivity index (χ2n) is 5.49. The van der Waals surface area contributed by atoms with Crippen LogP contribution >= 0.6 is 0 Å².